The second-order valence-electron chi connectivity index (χ2n) is 11.3. The summed E-state index contributed by atoms with van der Waals surface area (Å²) >= 11 is 0. The third kappa shape index (κ3) is 3.96. The van der Waals surface area contributed by atoms with E-state index in [9.17, 15) is 14.7 Å². The fraction of sp³-hybridized carbons (Fsp3) is 0.333. The van der Waals surface area contributed by atoms with Gasteiger partial charge in [0.15, 0.2) is 0 Å². The van der Waals surface area contributed by atoms with Gasteiger partial charge in [0.25, 0.3) is 5.91 Å². The van der Waals surface area contributed by atoms with Crippen LogP contribution in [-0.4, -0.2) is 38.0 Å². The highest BCUT2D eigenvalue weighted by atomic mass is 16.3. The molecule has 2 aromatic heterocycles. The molecule has 4 bridgehead atoms. The van der Waals surface area contributed by atoms with E-state index in [-0.39, 0.29) is 35.2 Å². The number of imidazole rings is 1. The average Bonchev–Trinajstić information content (AvgIpc) is 3.36. The van der Waals surface area contributed by atoms with Gasteiger partial charge in [0.2, 0.25) is 5.91 Å². The van der Waals surface area contributed by atoms with Crippen molar-refractivity contribution in [3.05, 3.63) is 72.4 Å². The number of pyridine rings is 1. The highest BCUT2D eigenvalue weighted by Crippen LogP contribution is 2.60. The molecule has 192 valence electrons. The van der Waals surface area contributed by atoms with Crippen molar-refractivity contribution in [1.82, 2.24) is 15.0 Å². The van der Waals surface area contributed by atoms with Crippen molar-refractivity contribution in [2.24, 2.45) is 23.2 Å². The molecule has 2 heterocycles. The number of amides is 2. The maximum Gasteiger partial charge on any atom is 0.256 e. The number of nitrogens with zero attached hydrogens (tertiary/aromatic N) is 2. The van der Waals surface area contributed by atoms with E-state index < -0.39 is 0 Å². The van der Waals surface area contributed by atoms with Gasteiger partial charge in [-0.25, -0.2) is 9.97 Å². The summed E-state index contributed by atoms with van der Waals surface area (Å²) in [5.41, 5.74) is 3.34. The van der Waals surface area contributed by atoms with Gasteiger partial charge in [-0.1, -0.05) is 6.07 Å². The van der Waals surface area contributed by atoms with Crippen LogP contribution in [0.1, 0.15) is 42.5 Å². The number of aliphatic hydroxyl groups excluding tert-OH is 1. The maximum atomic E-state index is 13.4. The van der Waals surface area contributed by atoms with Crippen molar-refractivity contribution in [2.45, 2.75) is 38.2 Å². The molecule has 38 heavy (non-hydrogen) atoms. The fourth-order valence-corrected chi connectivity index (χ4v) is 7.16. The van der Waals surface area contributed by atoms with Gasteiger partial charge in [0.1, 0.15) is 11.6 Å². The summed E-state index contributed by atoms with van der Waals surface area (Å²) in [6.07, 6.45) is 6.06. The lowest BCUT2D eigenvalue weighted by Gasteiger charge is -2.57. The number of carbonyl (C=O) groups is 2. The summed E-state index contributed by atoms with van der Waals surface area (Å²) in [7, 11) is 0. The molecule has 0 radical (unpaired) electrons. The van der Waals surface area contributed by atoms with E-state index in [0.717, 1.165) is 54.4 Å². The zero-order chi connectivity index (χ0) is 25.9. The Morgan fingerprint density at radius 2 is 1.74 bits per heavy atom. The van der Waals surface area contributed by atoms with Crippen molar-refractivity contribution in [2.75, 3.05) is 10.6 Å². The van der Waals surface area contributed by atoms with E-state index in [4.69, 9.17) is 0 Å². The third-order valence-electron chi connectivity index (χ3n) is 8.77. The first kappa shape index (κ1) is 23.1. The molecule has 0 saturated heterocycles. The van der Waals surface area contributed by atoms with E-state index in [0.29, 0.717) is 23.1 Å². The van der Waals surface area contributed by atoms with Gasteiger partial charge < -0.3 is 20.7 Å². The number of aromatic amines is 1. The lowest BCUT2D eigenvalue weighted by molar-refractivity contribution is -0.158. The van der Waals surface area contributed by atoms with Crippen LogP contribution < -0.4 is 10.6 Å². The molecule has 8 heteroatoms. The first-order valence-electron chi connectivity index (χ1n) is 13.3. The molecule has 5 atom stereocenters. The van der Waals surface area contributed by atoms with Crippen molar-refractivity contribution in [1.29, 1.82) is 0 Å². The van der Waals surface area contributed by atoms with Crippen LogP contribution in [-0.2, 0) is 4.79 Å². The van der Waals surface area contributed by atoms with Crippen LogP contribution in [0.4, 0.5) is 11.5 Å². The summed E-state index contributed by atoms with van der Waals surface area (Å²) in [4.78, 5) is 38.2. The first-order valence-corrected chi connectivity index (χ1v) is 13.3. The normalized spacial score (nSPS) is 27.4. The standard InChI is InChI=1S/C30H29N5O3/c36-26-20-11-17-12-21(26)16-30(14-17,15-20)29(38)32-22-7-4-18(5-8-22)27-33-23-9-6-19(13-24(23)34-27)28(37)35-25-3-1-2-10-31-25/h1-10,13,17,20-21,26,36H,11-12,14-16H2,(H,32,38)(H,33,34)(H,31,35,37)/t17?,20-,21+,26?,30?. The Morgan fingerprint density at radius 3 is 2.47 bits per heavy atom. The fourth-order valence-electron chi connectivity index (χ4n) is 7.16. The summed E-state index contributed by atoms with van der Waals surface area (Å²) in [5, 5.41) is 16.5. The second-order valence-corrected chi connectivity index (χ2v) is 11.3. The monoisotopic (exact) mass is 507 g/mol. The van der Waals surface area contributed by atoms with Crippen molar-refractivity contribution in [3.63, 3.8) is 0 Å². The molecule has 0 spiro atoms. The maximum absolute atomic E-state index is 13.4. The van der Waals surface area contributed by atoms with Crippen molar-refractivity contribution in [3.8, 4) is 11.4 Å². The van der Waals surface area contributed by atoms with E-state index >= 15 is 0 Å². The van der Waals surface area contributed by atoms with Gasteiger partial charge in [-0.15, -0.1) is 0 Å². The van der Waals surface area contributed by atoms with Gasteiger partial charge in [-0.05, 0) is 104 Å². The Labute approximate surface area is 219 Å². The lowest BCUT2D eigenvalue weighted by atomic mass is 9.48. The Balaban J connectivity index is 1.06. The Bertz CT molecular complexity index is 1510. The predicted molar refractivity (Wildman–Crippen MR) is 144 cm³/mol. The minimum absolute atomic E-state index is 0.0943. The largest absolute Gasteiger partial charge is 0.393 e. The minimum Gasteiger partial charge on any atom is -0.393 e. The molecule has 2 aromatic carbocycles. The Morgan fingerprint density at radius 1 is 0.947 bits per heavy atom. The Kier molecular flexibility index (Phi) is 5.33. The molecule has 4 aliphatic rings. The first-order chi connectivity index (χ1) is 18.5. The Hall–Kier alpha value is -4.04. The van der Waals surface area contributed by atoms with E-state index in [1.165, 1.54) is 0 Å². The van der Waals surface area contributed by atoms with Crippen LogP contribution in [0.3, 0.4) is 0 Å². The molecule has 4 aromatic rings. The molecule has 4 aliphatic carbocycles. The van der Waals surface area contributed by atoms with Crippen LogP contribution in [0, 0.1) is 23.2 Å². The van der Waals surface area contributed by atoms with Gasteiger partial charge in [0, 0.05) is 23.0 Å². The van der Waals surface area contributed by atoms with Crippen LogP contribution in [0.2, 0.25) is 0 Å². The molecule has 4 N–H and O–H groups in total. The minimum atomic E-state index is -0.340. The quantitative estimate of drug-likeness (QED) is 0.303. The number of aliphatic hydroxyl groups is 1. The van der Waals surface area contributed by atoms with Crippen molar-refractivity contribution >= 4 is 34.4 Å². The smallest absolute Gasteiger partial charge is 0.256 e. The summed E-state index contributed by atoms with van der Waals surface area (Å²) in [6.45, 7) is 0. The number of nitrogens with one attached hydrogen (secondary N) is 3. The topological polar surface area (TPSA) is 120 Å². The van der Waals surface area contributed by atoms with Gasteiger partial charge in [-0.2, -0.15) is 0 Å². The van der Waals surface area contributed by atoms with Crippen LogP contribution in [0.25, 0.3) is 22.4 Å². The number of anilines is 2. The summed E-state index contributed by atoms with van der Waals surface area (Å²) in [5.74, 6) is 2.14. The molecule has 8 rings (SSSR count). The zero-order valence-electron chi connectivity index (χ0n) is 20.9. The van der Waals surface area contributed by atoms with E-state index in [2.05, 4.69) is 25.6 Å². The van der Waals surface area contributed by atoms with E-state index in [1.807, 2.05) is 36.4 Å². The number of aromatic nitrogens is 3. The summed E-state index contributed by atoms with van der Waals surface area (Å²) in [6, 6.07) is 18.4. The number of hydrogen-bond donors (Lipinski definition) is 4. The zero-order valence-corrected chi connectivity index (χ0v) is 20.9. The SMILES string of the molecule is O=C(Nc1ccccn1)c1ccc2nc(-c3ccc(NC(=O)C45CC6C[C@H](C4)C(O)[C@@H](C6)C5)cc3)[nH]c2c1. The molecule has 3 unspecified atom stereocenters. The van der Waals surface area contributed by atoms with Crippen LogP contribution >= 0.6 is 0 Å². The molecule has 0 aliphatic heterocycles. The molecular formula is C30H29N5O3. The van der Waals surface area contributed by atoms with Gasteiger partial charge in [-0.3, -0.25) is 9.59 Å². The van der Waals surface area contributed by atoms with E-state index in [1.54, 1.807) is 30.5 Å². The predicted octanol–water partition coefficient (Wildman–Crippen LogP) is 5.00. The second kappa shape index (κ2) is 8.77. The number of rotatable bonds is 5. The van der Waals surface area contributed by atoms with Gasteiger partial charge >= 0.3 is 0 Å². The molecule has 8 nitrogen and oxygen atoms in total. The highest BCUT2D eigenvalue weighted by molar-refractivity contribution is 6.05. The number of H-pyrrole nitrogens is 1. The molecule has 2 amide bonds. The van der Waals surface area contributed by atoms with Crippen LogP contribution in [0.15, 0.2) is 66.9 Å². The third-order valence-corrected chi connectivity index (χ3v) is 8.77. The molecular weight excluding hydrogens is 478 g/mol. The summed E-state index contributed by atoms with van der Waals surface area (Å²) < 4.78 is 0. The number of carbonyl (C=O) groups excluding carboxylic acids is 2. The lowest BCUT2D eigenvalue weighted by Crippen LogP contribution is -2.57. The number of hydrogen-bond acceptors (Lipinski definition) is 5. The van der Waals surface area contributed by atoms with Crippen LogP contribution in [0.5, 0.6) is 0 Å². The van der Waals surface area contributed by atoms with Gasteiger partial charge in [0.05, 0.1) is 22.6 Å². The molecule has 4 saturated carbocycles. The molecule has 4 fully saturated rings. The average molecular weight is 508 g/mol. The van der Waals surface area contributed by atoms with Crippen molar-refractivity contribution < 1.29 is 14.7 Å². The number of benzene rings is 2. The number of fused-ring (bicyclic) bond motifs is 1. The highest BCUT2D eigenvalue weighted by Gasteiger charge is 2.58.